The van der Waals surface area contributed by atoms with Crippen LogP contribution >= 0.6 is 22.9 Å². The van der Waals surface area contributed by atoms with Crippen LogP contribution in [0.3, 0.4) is 0 Å². The van der Waals surface area contributed by atoms with Crippen molar-refractivity contribution < 1.29 is 4.79 Å². The van der Waals surface area contributed by atoms with Gasteiger partial charge in [0.25, 0.3) is 5.56 Å². The number of nitrogens with one attached hydrogen (secondary N) is 2. The van der Waals surface area contributed by atoms with Crippen LogP contribution in [0.2, 0.25) is 5.02 Å². The van der Waals surface area contributed by atoms with E-state index in [9.17, 15) is 9.59 Å². The van der Waals surface area contributed by atoms with E-state index in [0.29, 0.717) is 34.3 Å². The number of aromatic nitrogens is 2. The van der Waals surface area contributed by atoms with Crippen molar-refractivity contribution in [2.24, 2.45) is 5.92 Å². The van der Waals surface area contributed by atoms with Crippen molar-refractivity contribution in [3.05, 3.63) is 80.4 Å². The molecule has 0 spiro atoms. The number of benzene rings is 2. The molecule has 2 N–H and O–H groups in total. The smallest absolute Gasteiger partial charge is 0.270 e. The molecule has 0 saturated carbocycles. The molecule has 1 fully saturated rings. The number of thiophene rings is 1. The molecule has 8 heteroatoms. The summed E-state index contributed by atoms with van der Waals surface area (Å²) in [5.74, 6) is 0.327. The van der Waals surface area contributed by atoms with Crippen LogP contribution in [-0.4, -0.2) is 29.0 Å². The van der Waals surface area contributed by atoms with Gasteiger partial charge in [0.1, 0.15) is 4.70 Å². The number of amides is 1. The van der Waals surface area contributed by atoms with Gasteiger partial charge in [0.15, 0.2) is 0 Å². The van der Waals surface area contributed by atoms with E-state index in [1.807, 2.05) is 41.5 Å². The molecular weight excluding hydrogens is 468 g/mol. The monoisotopic (exact) mass is 492 g/mol. The molecule has 1 amide bonds. The first-order chi connectivity index (χ1) is 16.5. The predicted octanol–water partition coefficient (Wildman–Crippen LogP) is 5.15. The van der Waals surface area contributed by atoms with Gasteiger partial charge in [-0.2, -0.15) is 0 Å². The molecule has 0 radical (unpaired) electrons. The highest BCUT2D eigenvalue weighted by Crippen LogP contribution is 2.32. The molecule has 34 heavy (non-hydrogen) atoms. The summed E-state index contributed by atoms with van der Waals surface area (Å²) in [5, 5.41) is 5.64. The number of nitrogens with zero attached hydrogens (tertiary/aromatic N) is 2. The minimum Gasteiger partial charge on any atom is -0.352 e. The van der Waals surface area contributed by atoms with Crippen LogP contribution in [-0.2, 0) is 11.3 Å². The third-order valence-electron chi connectivity index (χ3n) is 6.28. The topological polar surface area (TPSA) is 78.1 Å². The zero-order chi connectivity index (χ0) is 23.7. The Labute approximate surface area is 206 Å². The fourth-order valence-electron chi connectivity index (χ4n) is 4.36. The van der Waals surface area contributed by atoms with E-state index in [-0.39, 0.29) is 17.4 Å². The van der Waals surface area contributed by atoms with Crippen molar-refractivity contribution in [1.29, 1.82) is 0 Å². The van der Waals surface area contributed by atoms with E-state index in [2.05, 4.69) is 34.6 Å². The highest BCUT2D eigenvalue weighted by atomic mass is 35.5. The summed E-state index contributed by atoms with van der Waals surface area (Å²) in [6.45, 7) is 3.69. The number of aryl methyl sites for hydroxylation is 1. The zero-order valence-corrected chi connectivity index (χ0v) is 20.4. The lowest BCUT2D eigenvalue weighted by molar-refractivity contribution is -0.125. The maximum absolute atomic E-state index is 12.9. The summed E-state index contributed by atoms with van der Waals surface area (Å²) >= 11 is 7.62. The molecule has 0 bridgehead atoms. The number of anilines is 1. The molecule has 0 aliphatic carbocycles. The van der Waals surface area contributed by atoms with Gasteiger partial charge in [0, 0.05) is 35.6 Å². The molecule has 1 atom stereocenters. The standard InChI is InChI=1S/C26H25ClN4O2S/c1-16-8-10-17(11-9-16)20-15-34-23-22(20)29-26(30-25(23)33)31-12-4-6-19(14-31)24(32)28-13-18-5-2-3-7-21(18)27/h2-3,5,7-11,15,19H,4,6,12-14H2,1H3,(H,28,32)(H,29,30,33)/t19-/m1/s1. The van der Waals surface area contributed by atoms with Gasteiger partial charge < -0.3 is 10.2 Å². The van der Waals surface area contributed by atoms with Crippen molar-refractivity contribution in [2.45, 2.75) is 26.3 Å². The molecule has 5 rings (SSSR count). The van der Waals surface area contributed by atoms with E-state index >= 15 is 0 Å². The van der Waals surface area contributed by atoms with E-state index < -0.39 is 0 Å². The van der Waals surface area contributed by atoms with Crippen molar-refractivity contribution >= 4 is 45.0 Å². The Morgan fingerprint density at radius 2 is 2.03 bits per heavy atom. The van der Waals surface area contributed by atoms with Crippen molar-refractivity contribution in [1.82, 2.24) is 15.3 Å². The van der Waals surface area contributed by atoms with Gasteiger partial charge in [-0.15, -0.1) is 11.3 Å². The predicted molar refractivity (Wildman–Crippen MR) is 139 cm³/mol. The molecule has 1 saturated heterocycles. The van der Waals surface area contributed by atoms with Crippen LogP contribution in [0.1, 0.15) is 24.0 Å². The molecule has 3 heterocycles. The number of hydrogen-bond donors (Lipinski definition) is 2. The first-order valence-corrected chi connectivity index (χ1v) is 12.6. The average Bonchev–Trinajstić information content (AvgIpc) is 3.28. The van der Waals surface area contributed by atoms with Gasteiger partial charge in [-0.3, -0.25) is 14.6 Å². The molecule has 2 aromatic carbocycles. The molecule has 0 unspecified atom stereocenters. The van der Waals surface area contributed by atoms with Gasteiger partial charge in [-0.05, 0) is 37.0 Å². The Kier molecular flexibility index (Phi) is 6.39. The van der Waals surface area contributed by atoms with Crippen LogP contribution in [0.15, 0.2) is 58.7 Å². The van der Waals surface area contributed by atoms with Gasteiger partial charge in [0.2, 0.25) is 11.9 Å². The average molecular weight is 493 g/mol. The van der Waals surface area contributed by atoms with Crippen LogP contribution < -0.4 is 15.8 Å². The Bertz CT molecular complexity index is 1400. The third-order valence-corrected chi connectivity index (χ3v) is 7.62. The SMILES string of the molecule is Cc1ccc(-c2csc3c(=O)[nH]c(N4CCC[C@@H](C(=O)NCc5ccccc5Cl)C4)nc23)cc1. The highest BCUT2D eigenvalue weighted by molar-refractivity contribution is 7.17. The first kappa shape index (κ1) is 22.6. The molecule has 1 aliphatic heterocycles. The zero-order valence-electron chi connectivity index (χ0n) is 18.8. The van der Waals surface area contributed by atoms with E-state index in [1.165, 1.54) is 16.9 Å². The summed E-state index contributed by atoms with van der Waals surface area (Å²) < 4.78 is 0.616. The Morgan fingerprint density at radius 1 is 1.24 bits per heavy atom. The molecule has 1 aliphatic rings. The summed E-state index contributed by atoms with van der Waals surface area (Å²) in [7, 11) is 0. The van der Waals surface area contributed by atoms with Gasteiger partial charge >= 0.3 is 0 Å². The molecule has 174 valence electrons. The second-order valence-electron chi connectivity index (χ2n) is 8.68. The lowest BCUT2D eigenvalue weighted by atomic mass is 9.97. The Morgan fingerprint density at radius 3 is 2.82 bits per heavy atom. The van der Waals surface area contributed by atoms with Crippen molar-refractivity contribution in [3.63, 3.8) is 0 Å². The fourth-order valence-corrected chi connectivity index (χ4v) is 5.47. The Hall–Kier alpha value is -3.16. The molecule has 4 aromatic rings. The Balaban J connectivity index is 1.36. The number of piperidine rings is 1. The maximum atomic E-state index is 12.9. The van der Waals surface area contributed by atoms with Crippen molar-refractivity contribution in [2.75, 3.05) is 18.0 Å². The second kappa shape index (κ2) is 9.60. The molecular formula is C26H25ClN4O2S. The highest BCUT2D eigenvalue weighted by Gasteiger charge is 2.27. The largest absolute Gasteiger partial charge is 0.352 e. The minimum atomic E-state index is -0.184. The number of carbonyl (C=O) groups is 1. The number of aromatic amines is 1. The van der Waals surface area contributed by atoms with Gasteiger partial charge in [0.05, 0.1) is 11.4 Å². The minimum absolute atomic E-state index is 0.0103. The number of fused-ring (bicyclic) bond motifs is 1. The second-order valence-corrected chi connectivity index (χ2v) is 9.96. The summed E-state index contributed by atoms with van der Waals surface area (Å²) in [6, 6.07) is 15.7. The summed E-state index contributed by atoms with van der Waals surface area (Å²) in [5.41, 5.74) is 4.63. The number of H-pyrrole nitrogens is 1. The third kappa shape index (κ3) is 4.58. The van der Waals surface area contributed by atoms with Crippen LogP contribution in [0.5, 0.6) is 0 Å². The summed E-state index contributed by atoms with van der Waals surface area (Å²) in [4.78, 5) is 35.5. The lowest BCUT2D eigenvalue weighted by Gasteiger charge is -2.32. The van der Waals surface area contributed by atoms with Crippen LogP contribution in [0, 0.1) is 12.8 Å². The van der Waals surface area contributed by atoms with Crippen LogP contribution in [0.25, 0.3) is 21.3 Å². The van der Waals surface area contributed by atoms with Crippen LogP contribution in [0.4, 0.5) is 5.95 Å². The van der Waals surface area contributed by atoms with E-state index in [0.717, 1.165) is 36.1 Å². The quantitative estimate of drug-likeness (QED) is 0.404. The van der Waals surface area contributed by atoms with Gasteiger partial charge in [-0.1, -0.05) is 59.6 Å². The normalized spacial score (nSPS) is 16.1. The number of hydrogen-bond acceptors (Lipinski definition) is 5. The lowest BCUT2D eigenvalue weighted by Crippen LogP contribution is -2.44. The number of rotatable bonds is 5. The summed E-state index contributed by atoms with van der Waals surface area (Å²) in [6.07, 6.45) is 1.64. The first-order valence-electron chi connectivity index (χ1n) is 11.3. The van der Waals surface area contributed by atoms with E-state index in [1.54, 1.807) is 0 Å². The van der Waals surface area contributed by atoms with Gasteiger partial charge in [-0.25, -0.2) is 4.98 Å². The molecule has 6 nitrogen and oxygen atoms in total. The van der Waals surface area contributed by atoms with E-state index in [4.69, 9.17) is 16.6 Å². The fraction of sp³-hybridized carbons (Fsp3) is 0.269. The number of halogens is 1. The number of carbonyl (C=O) groups excluding carboxylic acids is 1. The maximum Gasteiger partial charge on any atom is 0.270 e. The van der Waals surface area contributed by atoms with Crippen molar-refractivity contribution in [3.8, 4) is 11.1 Å². The molecule has 2 aromatic heterocycles.